The Morgan fingerprint density at radius 3 is 2.69 bits per heavy atom. The van der Waals surface area contributed by atoms with Crippen LogP contribution in [0.15, 0.2) is 23.7 Å². The number of carbonyl (C=O) groups excluding carboxylic acids is 1. The molecular weight excluding hydrogens is 365 g/mol. The lowest BCUT2D eigenvalue weighted by Gasteiger charge is -2.34. The van der Waals surface area contributed by atoms with Gasteiger partial charge in [-0.3, -0.25) is 4.79 Å². The van der Waals surface area contributed by atoms with Gasteiger partial charge in [0.15, 0.2) is 6.04 Å². The first-order valence-electron chi connectivity index (χ1n) is 8.68. The fourth-order valence-corrected chi connectivity index (χ4v) is 4.45. The van der Waals surface area contributed by atoms with E-state index >= 15 is 0 Å². The van der Waals surface area contributed by atoms with E-state index in [1.165, 1.54) is 17.5 Å². The molecule has 4 heterocycles. The fourth-order valence-electron chi connectivity index (χ4n) is 3.66. The first-order chi connectivity index (χ1) is 12.4. The molecule has 140 valence electrons. The molecule has 26 heavy (non-hydrogen) atoms. The number of hydrogen-bond donors (Lipinski definition) is 1. The molecule has 2 atom stereocenters. The van der Waals surface area contributed by atoms with Gasteiger partial charge < -0.3 is 10.2 Å². The molecule has 2 aliphatic heterocycles. The number of rotatable bonds is 2. The molecule has 0 saturated carbocycles. The SMILES string of the molecule is O=C(c1cnn2c1N[C@H](c1cccs1)C[C@@H]2C(F)(F)F)N1CCCCC1. The summed E-state index contributed by atoms with van der Waals surface area (Å²) in [5.41, 5.74) is 0.224. The number of carbonyl (C=O) groups is 1. The van der Waals surface area contributed by atoms with Gasteiger partial charge in [-0.15, -0.1) is 11.3 Å². The fraction of sp³-hybridized carbons (Fsp3) is 0.529. The van der Waals surface area contributed by atoms with Crippen molar-refractivity contribution in [2.75, 3.05) is 18.4 Å². The zero-order chi connectivity index (χ0) is 18.3. The van der Waals surface area contributed by atoms with Crippen molar-refractivity contribution < 1.29 is 18.0 Å². The lowest BCUT2D eigenvalue weighted by atomic mass is 10.0. The van der Waals surface area contributed by atoms with Crippen molar-refractivity contribution in [2.45, 2.75) is 43.9 Å². The molecule has 9 heteroatoms. The minimum atomic E-state index is -4.43. The summed E-state index contributed by atoms with van der Waals surface area (Å²) in [6, 6.07) is 1.40. The van der Waals surface area contributed by atoms with Gasteiger partial charge in [0.2, 0.25) is 0 Å². The van der Waals surface area contributed by atoms with Gasteiger partial charge in [0.1, 0.15) is 11.4 Å². The molecule has 2 aromatic rings. The molecule has 0 aliphatic carbocycles. The topological polar surface area (TPSA) is 50.2 Å². The number of likely N-dealkylation sites (tertiary alicyclic amines) is 1. The quantitative estimate of drug-likeness (QED) is 0.843. The van der Waals surface area contributed by atoms with Gasteiger partial charge in [-0.1, -0.05) is 6.07 Å². The highest BCUT2D eigenvalue weighted by molar-refractivity contribution is 7.10. The van der Waals surface area contributed by atoms with E-state index in [1.807, 2.05) is 17.5 Å². The minimum Gasteiger partial charge on any atom is -0.362 e. The normalized spacial score (nSPS) is 23.4. The van der Waals surface area contributed by atoms with Crippen LogP contribution >= 0.6 is 11.3 Å². The maximum atomic E-state index is 13.6. The highest BCUT2D eigenvalue weighted by atomic mass is 32.1. The molecule has 0 radical (unpaired) electrons. The molecule has 1 fully saturated rings. The standard InChI is InChI=1S/C17H19F3N4OS/c18-17(19,20)14-9-12(13-5-4-8-26-13)22-15-11(10-21-24(14)15)16(25)23-6-2-1-3-7-23/h4-5,8,10,12,14,22H,1-3,6-7,9H2/t12-,14+/m0/s1. The van der Waals surface area contributed by atoms with Crippen molar-refractivity contribution in [2.24, 2.45) is 0 Å². The van der Waals surface area contributed by atoms with Crippen molar-refractivity contribution in [1.82, 2.24) is 14.7 Å². The zero-order valence-electron chi connectivity index (χ0n) is 14.0. The van der Waals surface area contributed by atoms with Gasteiger partial charge in [0, 0.05) is 24.4 Å². The van der Waals surface area contributed by atoms with Crippen LogP contribution in [0.5, 0.6) is 0 Å². The van der Waals surface area contributed by atoms with E-state index < -0.39 is 18.3 Å². The predicted molar refractivity (Wildman–Crippen MR) is 92.4 cm³/mol. The molecule has 4 rings (SSSR count). The third-order valence-corrected chi connectivity index (χ3v) is 5.98. The van der Waals surface area contributed by atoms with E-state index in [2.05, 4.69) is 10.4 Å². The van der Waals surface area contributed by atoms with Gasteiger partial charge >= 0.3 is 6.18 Å². The van der Waals surface area contributed by atoms with E-state index in [1.54, 1.807) is 4.90 Å². The summed E-state index contributed by atoms with van der Waals surface area (Å²) in [4.78, 5) is 15.4. The first kappa shape index (κ1) is 17.4. The van der Waals surface area contributed by atoms with Gasteiger partial charge in [0.05, 0.1) is 12.2 Å². The second kappa shape index (κ2) is 6.61. The number of amides is 1. The van der Waals surface area contributed by atoms with Crippen LogP contribution in [0.2, 0.25) is 0 Å². The van der Waals surface area contributed by atoms with Crippen LogP contribution in [0.25, 0.3) is 0 Å². The maximum Gasteiger partial charge on any atom is 0.410 e. The highest BCUT2D eigenvalue weighted by Crippen LogP contribution is 2.45. The Labute approximate surface area is 152 Å². The largest absolute Gasteiger partial charge is 0.410 e. The minimum absolute atomic E-state index is 0.143. The summed E-state index contributed by atoms with van der Waals surface area (Å²) in [7, 11) is 0. The number of halogens is 3. The van der Waals surface area contributed by atoms with Crippen LogP contribution in [0.1, 0.15) is 53.0 Å². The Hall–Kier alpha value is -2.03. The third kappa shape index (κ3) is 3.08. The summed E-state index contributed by atoms with van der Waals surface area (Å²) >= 11 is 1.41. The number of nitrogens with zero attached hydrogens (tertiary/aromatic N) is 3. The number of fused-ring (bicyclic) bond motifs is 1. The van der Waals surface area contributed by atoms with E-state index in [-0.39, 0.29) is 23.7 Å². The van der Waals surface area contributed by atoms with Crippen LogP contribution in [0.4, 0.5) is 19.0 Å². The Morgan fingerprint density at radius 1 is 1.27 bits per heavy atom. The predicted octanol–water partition coefficient (Wildman–Crippen LogP) is 4.23. The van der Waals surface area contributed by atoms with Crippen molar-refractivity contribution >= 4 is 23.1 Å². The van der Waals surface area contributed by atoms with Crippen LogP contribution in [0, 0.1) is 0 Å². The molecule has 0 spiro atoms. The number of nitrogens with one attached hydrogen (secondary N) is 1. The maximum absolute atomic E-state index is 13.6. The van der Waals surface area contributed by atoms with Gasteiger partial charge in [-0.25, -0.2) is 4.68 Å². The number of alkyl halides is 3. The van der Waals surface area contributed by atoms with E-state index in [0.29, 0.717) is 13.1 Å². The lowest BCUT2D eigenvalue weighted by Crippen LogP contribution is -2.38. The van der Waals surface area contributed by atoms with E-state index in [4.69, 9.17) is 0 Å². The number of thiophene rings is 1. The molecule has 2 aliphatic rings. The Bertz CT molecular complexity index is 781. The van der Waals surface area contributed by atoms with E-state index in [0.717, 1.165) is 28.8 Å². The number of piperidine rings is 1. The second-order valence-corrected chi connectivity index (χ2v) is 7.69. The van der Waals surface area contributed by atoms with E-state index in [9.17, 15) is 18.0 Å². The highest BCUT2D eigenvalue weighted by Gasteiger charge is 2.47. The summed E-state index contributed by atoms with van der Waals surface area (Å²) in [5, 5.41) is 8.90. The smallest absolute Gasteiger partial charge is 0.362 e. The average Bonchev–Trinajstić information content (AvgIpc) is 3.30. The van der Waals surface area contributed by atoms with Gasteiger partial charge in [-0.05, 0) is 30.7 Å². The molecular formula is C17H19F3N4OS. The number of hydrogen-bond acceptors (Lipinski definition) is 4. The summed E-state index contributed by atoms with van der Waals surface area (Å²) in [6.45, 7) is 1.28. The molecule has 1 amide bonds. The van der Waals surface area contributed by atoms with Gasteiger partial charge in [0.25, 0.3) is 5.91 Å². The molecule has 5 nitrogen and oxygen atoms in total. The monoisotopic (exact) mass is 384 g/mol. The molecule has 0 unspecified atom stereocenters. The van der Waals surface area contributed by atoms with Crippen molar-refractivity contribution in [3.05, 3.63) is 34.2 Å². The van der Waals surface area contributed by atoms with Gasteiger partial charge in [-0.2, -0.15) is 18.3 Å². The van der Waals surface area contributed by atoms with Crippen molar-refractivity contribution in [3.8, 4) is 0 Å². The Balaban J connectivity index is 1.70. The average molecular weight is 384 g/mol. The molecule has 0 bridgehead atoms. The van der Waals surface area contributed by atoms with Crippen molar-refractivity contribution in [1.29, 1.82) is 0 Å². The number of aromatic nitrogens is 2. The lowest BCUT2D eigenvalue weighted by molar-refractivity contribution is -0.173. The summed E-state index contributed by atoms with van der Waals surface area (Å²) in [6.07, 6.45) is -0.378. The number of anilines is 1. The Morgan fingerprint density at radius 2 is 2.04 bits per heavy atom. The van der Waals surface area contributed by atoms with Crippen LogP contribution in [-0.2, 0) is 0 Å². The van der Waals surface area contributed by atoms with Crippen LogP contribution in [-0.4, -0.2) is 39.9 Å². The molecule has 0 aromatic carbocycles. The molecule has 2 aromatic heterocycles. The van der Waals surface area contributed by atoms with Crippen LogP contribution in [0.3, 0.4) is 0 Å². The summed E-state index contributed by atoms with van der Waals surface area (Å²) < 4.78 is 41.8. The second-order valence-electron chi connectivity index (χ2n) is 6.71. The first-order valence-corrected chi connectivity index (χ1v) is 9.56. The van der Waals surface area contributed by atoms with Crippen LogP contribution < -0.4 is 5.32 Å². The Kier molecular flexibility index (Phi) is 4.42. The third-order valence-electron chi connectivity index (χ3n) is 5.00. The van der Waals surface area contributed by atoms with Crippen molar-refractivity contribution in [3.63, 3.8) is 0 Å². The molecule has 1 saturated heterocycles. The zero-order valence-corrected chi connectivity index (χ0v) is 14.8. The summed E-state index contributed by atoms with van der Waals surface area (Å²) in [5.74, 6) is -0.0706. The molecule has 1 N–H and O–H groups in total.